The summed E-state index contributed by atoms with van der Waals surface area (Å²) in [5.74, 6) is -0.168. The van der Waals surface area contributed by atoms with Crippen molar-refractivity contribution < 1.29 is 9.59 Å². The lowest BCUT2D eigenvalue weighted by molar-refractivity contribution is -0.115. The number of nitrogens with zero attached hydrogens (tertiary/aromatic N) is 2. The molecule has 0 aliphatic carbocycles. The number of nitrogens with two attached hydrogens (primary N) is 1. The Morgan fingerprint density at radius 1 is 1.06 bits per heavy atom. The van der Waals surface area contributed by atoms with Gasteiger partial charge in [-0.05, 0) is 67.1 Å². The van der Waals surface area contributed by atoms with Crippen molar-refractivity contribution in [1.29, 1.82) is 0 Å². The van der Waals surface area contributed by atoms with Gasteiger partial charge in [0.25, 0.3) is 5.91 Å². The monoisotopic (exact) mass is 453 g/mol. The minimum atomic E-state index is -0.257. The van der Waals surface area contributed by atoms with Crippen LogP contribution in [0.1, 0.15) is 35.3 Å². The van der Waals surface area contributed by atoms with E-state index in [1.54, 1.807) is 24.7 Å². The third kappa shape index (κ3) is 5.04. The molecule has 0 fully saturated rings. The number of aromatic nitrogens is 2. The van der Waals surface area contributed by atoms with Gasteiger partial charge < -0.3 is 16.4 Å². The van der Waals surface area contributed by atoms with Crippen molar-refractivity contribution in [3.05, 3.63) is 83.8 Å². The summed E-state index contributed by atoms with van der Waals surface area (Å²) in [4.78, 5) is 33.6. The molecule has 4 rings (SSSR count). The van der Waals surface area contributed by atoms with E-state index in [2.05, 4.69) is 20.6 Å². The molecule has 2 aromatic heterocycles. The molecular weight excluding hydrogens is 426 g/mol. The maximum atomic E-state index is 12.7. The summed E-state index contributed by atoms with van der Waals surface area (Å²) in [6, 6.07) is 15.2. The van der Waals surface area contributed by atoms with Gasteiger partial charge >= 0.3 is 0 Å². The number of nitrogens with one attached hydrogen (secondary N) is 2. The molecule has 4 aromatic rings. The Balaban J connectivity index is 1.52. The highest BCUT2D eigenvalue weighted by atomic mass is 16.2. The molecule has 0 aliphatic heterocycles. The summed E-state index contributed by atoms with van der Waals surface area (Å²) < 4.78 is 0. The maximum Gasteiger partial charge on any atom is 0.255 e. The molecule has 0 saturated heterocycles. The second kappa shape index (κ2) is 9.70. The molecule has 34 heavy (non-hydrogen) atoms. The van der Waals surface area contributed by atoms with E-state index in [1.165, 1.54) is 0 Å². The van der Waals surface area contributed by atoms with E-state index in [0.717, 1.165) is 33.0 Å². The van der Waals surface area contributed by atoms with Crippen molar-refractivity contribution in [3.8, 4) is 11.1 Å². The minimum Gasteiger partial charge on any atom is -0.383 e. The maximum absolute atomic E-state index is 12.7. The second-order valence-corrected chi connectivity index (χ2v) is 8.55. The third-order valence-corrected chi connectivity index (χ3v) is 5.53. The highest BCUT2D eigenvalue weighted by Gasteiger charge is 2.15. The number of aryl methyl sites for hydroxylation is 1. The van der Waals surface area contributed by atoms with Crippen LogP contribution in [-0.2, 0) is 11.2 Å². The van der Waals surface area contributed by atoms with Crippen LogP contribution in [0.25, 0.3) is 21.9 Å². The zero-order valence-corrected chi connectivity index (χ0v) is 19.4. The first-order valence-electron chi connectivity index (χ1n) is 11.1. The number of rotatable bonds is 6. The van der Waals surface area contributed by atoms with E-state index in [9.17, 15) is 9.59 Å². The average Bonchev–Trinajstić information content (AvgIpc) is 2.79. The number of pyridine rings is 2. The van der Waals surface area contributed by atoms with Crippen molar-refractivity contribution in [1.82, 2.24) is 15.3 Å². The molecule has 0 saturated carbocycles. The van der Waals surface area contributed by atoms with Crippen molar-refractivity contribution in [2.24, 2.45) is 0 Å². The average molecular weight is 454 g/mol. The molecule has 2 amide bonds. The molecule has 0 bridgehead atoms. The molecule has 0 atom stereocenters. The molecule has 2 aromatic carbocycles. The standard InChI is InChI=1S/C27H27N5O2/c1-16(2)31-27(34)24-12-20(15-30-26(24)28)22-8-7-21(11-17(22)3)32-25(33)13-18-5-4-6-19-14-29-10-9-23(18)19/h4-12,14-16H,13H2,1-3H3,(H2,28,30)(H,31,34)(H,32,33). The SMILES string of the molecule is Cc1cc(NC(=O)Cc2cccc3cnccc23)ccc1-c1cnc(N)c(C(=O)NC(C)C)c1. The van der Waals surface area contributed by atoms with Crippen LogP contribution in [0.15, 0.2) is 67.1 Å². The Kier molecular flexibility index (Phi) is 6.54. The molecular formula is C27H27N5O2. The lowest BCUT2D eigenvalue weighted by Crippen LogP contribution is -2.30. The van der Waals surface area contributed by atoms with Gasteiger partial charge in [-0.1, -0.05) is 24.3 Å². The van der Waals surface area contributed by atoms with Crippen LogP contribution < -0.4 is 16.4 Å². The van der Waals surface area contributed by atoms with E-state index in [4.69, 9.17) is 5.73 Å². The first-order chi connectivity index (χ1) is 16.3. The van der Waals surface area contributed by atoms with Gasteiger partial charge in [0.05, 0.1) is 12.0 Å². The van der Waals surface area contributed by atoms with Gasteiger partial charge in [-0.15, -0.1) is 0 Å². The van der Waals surface area contributed by atoms with Gasteiger partial charge in [0.1, 0.15) is 5.82 Å². The number of nitrogen functional groups attached to an aromatic ring is 1. The lowest BCUT2D eigenvalue weighted by atomic mass is 9.99. The summed E-state index contributed by atoms with van der Waals surface area (Å²) in [6.45, 7) is 5.73. The number of carbonyl (C=O) groups excluding carboxylic acids is 2. The first kappa shape index (κ1) is 22.9. The normalized spacial score (nSPS) is 10.9. The number of carbonyl (C=O) groups is 2. The Morgan fingerprint density at radius 2 is 1.88 bits per heavy atom. The van der Waals surface area contributed by atoms with Crippen molar-refractivity contribution in [3.63, 3.8) is 0 Å². The molecule has 0 aliphatic rings. The first-order valence-corrected chi connectivity index (χ1v) is 11.1. The zero-order chi connectivity index (χ0) is 24.2. The summed E-state index contributed by atoms with van der Waals surface area (Å²) in [5.41, 5.74) is 10.6. The zero-order valence-electron chi connectivity index (χ0n) is 19.4. The lowest BCUT2D eigenvalue weighted by Gasteiger charge is -2.13. The predicted octanol–water partition coefficient (Wildman–Crippen LogP) is 4.51. The summed E-state index contributed by atoms with van der Waals surface area (Å²) in [7, 11) is 0. The number of anilines is 2. The highest BCUT2D eigenvalue weighted by molar-refractivity contribution is 6.00. The molecule has 0 radical (unpaired) electrons. The van der Waals surface area contributed by atoms with Gasteiger partial charge in [0.15, 0.2) is 0 Å². The highest BCUT2D eigenvalue weighted by Crippen LogP contribution is 2.28. The number of amides is 2. The number of hydrogen-bond donors (Lipinski definition) is 3. The molecule has 172 valence electrons. The van der Waals surface area contributed by atoms with E-state index in [1.807, 2.05) is 63.2 Å². The largest absolute Gasteiger partial charge is 0.383 e. The van der Waals surface area contributed by atoms with Crippen molar-refractivity contribution >= 4 is 34.1 Å². The molecule has 0 unspecified atom stereocenters. The third-order valence-electron chi connectivity index (χ3n) is 5.53. The molecule has 2 heterocycles. The van der Waals surface area contributed by atoms with Crippen LogP contribution in [-0.4, -0.2) is 27.8 Å². The van der Waals surface area contributed by atoms with Gasteiger partial charge in [0, 0.05) is 41.3 Å². The quantitative estimate of drug-likeness (QED) is 0.398. The van der Waals surface area contributed by atoms with Crippen LogP contribution in [0.5, 0.6) is 0 Å². The second-order valence-electron chi connectivity index (χ2n) is 8.55. The van der Waals surface area contributed by atoms with E-state index < -0.39 is 0 Å². The summed E-state index contributed by atoms with van der Waals surface area (Å²) in [6.07, 6.45) is 5.44. The minimum absolute atomic E-state index is 0.00858. The fraction of sp³-hybridized carbons (Fsp3) is 0.185. The smallest absolute Gasteiger partial charge is 0.255 e. The van der Waals surface area contributed by atoms with E-state index in [0.29, 0.717) is 11.3 Å². The predicted molar refractivity (Wildman–Crippen MR) is 136 cm³/mol. The number of fused-ring (bicyclic) bond motifs is 1. The van der Waals surface area contributed by atoms with Crippen molar-refractivity contribution in [2.45, 2.75) is 33.2 Å². The molecule has 4 N–H and O–H groups in total. The van der Waals surface area contributed by atoms with Gasteiger partial charge in [0.2, 0.25) is 5.91 Å². The van der Waals surface area contributed by atoms with Crippen LogP contribution >= 0.6 is 0 Å². The van der Waals surface area contributed by atoms with Crippen LogP contribution in [0.2, 0.25) is 0 Å². The molecule has 7 heteroatoms. The van der Waals surface area contributed by atoms with Crippen LogP contribution in [0.3, 0.4) is 0 Å². The Bertz CT molecular complexity index is 1380. The summed E-state index contributed by atoms with van der Waals surface area (Å²) >= 11 is 0. The Hall–Kier alpha value is -4.26. The molecule has 7 nitrogen and oxygen atoms in total. The van der Waals surface area contributed by atoms with Gasteiger partial charge in [-0.2, -0.15) is 0 Å². The van der Waals surface area contributed by atoms with Crippen LogP contribution in [0.4, 0.5) is 11.5 Å². The molecule has 0 spiro atoms. The van der Waals surface area contributed by atoms with Gasteiger partial charge in [-0.3, -0.25) is 14.6 Å². The van der Waals surface area contributed by atoms with Gasteiger partial charge in [-0.25, -0.2) is 4.98 Å². The fourth-order valence-corrected chi connectivity index (χ4v) is 3.93. The van der Waals surface area contributed by atoms with Crippen LogP contribution in [0, 0.1) is 6.92 Å². The van der Waals surface area contributed by atoms with E-state index >= 15 is 0 Å². The Labute approximate surface area is 198 Å². The number of benzene rings is 2. The van der Waals surface area contributed by atoms with Crippen molar-refractivity contribution in [2.75, 3.05) is 11.1 Å². The topological polar surface area (TPSA) is 110 Å². The fourth-order valence-electron chi connectivity index (χ4n) is 3.93. The Morgan fingerprint density at radius 3 is 2.65 bits per heavy atom. The summed E-state index contributed by atoms with van der Waals surface area (Å²) in [5, 5.41) is 7.85. The van der Waals surface area contributed by atoms with E-state index in [-0.39, 0.29) is 30.1 Å². The number of hydrogen-bond acceptors (Lipinski definition) is 5.